The Balaban J connectivity index is 2.01. The van der Waals surface area contributed by atoms with Gasteiger partial charge < -0.3 is 14.8 Å². The zero-order valence-electron chi connectivity index (χ0n) is 13.0. The van der Waals surface area contributed by atoms with Crippen molar-refractivity contribution in [3.05, 3.63) is 57.5 Å². The van der Waals surface area contributed by atoms with E-state index in [1.54, 1.807) is 42.5 Å². The number of anilines is 1. The minimum Gasteiger partial charge on any atom is -0.495 e. The van der Waals surface area contributed by atoms with Gasteiger partial charge in [-0.25, -0.2) is 4.79 Å². The van der Waals surface area contributed by atoms with Gasteiger partial charge in [-0.3, -0.25) is 4.79 Å². The minimum atomic E-state index is -0.967. The van der Waals surface area contributed by atoms with Gasteiger partial charge >= 0.3 is 5.97 Å². The highest BCUT2D eigenvalue weighted by Gasteiger charge is 2.20. The molecule has 0 spiro atoms. The van der Waals surface area contributed by atoms with Gasteiger partial charge in [0, 0.05) is 10.2 Å². The molecule has 5 nitrogen and oxygen atoms in total. The Kier molecular flexibility index (Phi) is 6.23. The van der Waals surface area contributed by atoms with Gasteiger partial charge in [0.25, 0.3) is 5.91 Å². The molecule has 0 aromatic heterocycles. The van der Waals surface area contributed by atoms with Crippen LogP contribution in [0.2, 0.25) is 5.02 Å². The highest BCUT2D eigenvalue weighted by atomic mass is 79.9. The van der Waals surface area contributed by atoms with E-state index in [1.807, 2.05) is 0 Å². The fraction of sp³-hybridized carbons (Fsp3) is 0.176. The first kappa shape index (κ1) is 18.3. The number of carbonyl (C=O) groups excluding carboxylic acids is 2. The quantitative estimate of drug-likeness (QED) is 0.744. The molecule has 7 heteroatoms. The highest BCUT2D eigenvalue weighted by molar-refractivity contribution is 9.10. The molecular weight excluding hydrogens is 398 g/mol. The molecule has 1 amide bonds. The lowest BCUT2D eigenvalue weighted by Gasteiger charge is -2.14. The predicted octanol–water partition coefficient (Wildman–Crippen LogP) is 4.30. The zero-order chi connectivity index (χ0) is 17.7. The van der Waals surface area contributed by atoms with E-state index in [0.29, 0.717) is 26.5 Å². The van der Waals surface area contributed by atoms with Gasteiger partial charge in [-0.1, -0.05) is 23.7 Å². The lowest BCUT2D eigenvalue weighted by molar-refractivity contribution is -0.123. The number of ether oxygens (including phenoxy) is 2. The van der Waals surface area contributed by atoms with Crippen molar-refractivity contribution in [2.24, 2.45) is 0 Å². The van der Waals surface area contributed by atoms with Crippen LogP contribution in [0.3, 0.4) is 0 Å². The van der Waals surface area contributed by atoms with Crippen molar-refractivity contribution in [3.63, 3.8) is 0 Å². The number of benzene rings is 2. The van der Waals surface area contributed by atoms with Crippen LogP contribution in [-0.4, -0.2) is 25.1 Å². The largest absolute Gasteiger partial charge is 0.495 e. The molecule has 2 aromatic carbocycles. The molecule has 2 rings (SSSR count). The van der Waals surface area contributed by atoms with E-state index in [2.05, 4.69) is 21.2 Å². The monoisotopic (exact) mass is 411 g/mol. The highest BCUT2D eigenvalue weighted by Crippen LogP contribution is 2.27. The van der Waals surface area contributed by atoms with E-state index in [9.17, 15) is 9.59 Å². The van der Waals surface area contributed by atoms with E-state index in [4.69, 9.17) is 21.1 Å². The summed E-state index contributed by atoms with van der Waals surface area (Å²) in [6.45, 7) is 1.50. The third-order valence-corrected chi connectivity index (χ3v) is 4.15. The summed E-state index contributed by atoms with van der Waals surface area (Å²) in [6.07, 6.45) is -0.967. The van der Waals surface area contributed by atoms with Gasteiger partial charge in [0.1, 0.15) is 5.75 Å². The summed E-state index contributed by atoms with van der Waals surface area (Å²) in [5.41, 5.74) is 0.833. The smallest absolute Gasteiger partial charge is 0.340 e. The number of amides is 1. The van der Waals surface area contributed by atoms with Crippen LogP contribution in [0, 0.1) is 0 Å². The number of hydrogen-bond acceptors (Lipinski definition) is 4. The molecule has 1 N–H and O–H groups in total. The Morgan fingerprint density at radius 2 is 1.92 bits per heavy atom. The Labute approximate surface area is 153 Å². The summed E-state index contributed by atoms with van der Waals surface area (Å²) < 4.78 is 10.8. The van der Waals surface area contributed by atoms with Crippen molar-refractivity contribution < 1.29 is 19.1 Å². The van der Waals surface area contributed by atoms with Gasteiger partial charge in [0.2, 0.25) is 0 Å². The topological polar surface area (TPSA) is 64.6 Å². The summed E-state index contributed by atoms with van der Waals surface area (Å²) in [5.74, 6) is -0.544. The Morgan fingerprint density at radius 3 is 2.54 bits per heavy atom. The summed E-state index contributed by atoms with van der Waals surface area (Å²) >= 11 is 9.28. The van der Waals surface area contributed by atoms with Crippen molar-refractivity contribution in [1.82, 2.24) is 0 Å². The van der Waals surface area contributed by atoms with Gasteiger partial charge in [-0.2, -0.15) is 0 Å². The second-order valence-electron chi connectivity index (χ2n) is 4.87. The van der Waals surface area contributed by atoms with Crippen LogP contribution >= 0.6 is 27.5 Å². The number of rotatable bonds is 5. The molecule has 0 saturated heterocycles. The van der Waals surface area contributed by atoms with Crippen LogP contribution in [-0.2, 0) is 9.53 Å². The van der Waals surface area contributed by atoms with Crippen LogP contribution in [0.15, 0.2) is 46.9 Å². The number of hydrogen-bond donors (Lipinski definition) is 1. The molecule has 24 heavy (non-hydrogen) atoms. The number of nitrogens with one attached hydrogen (secondary N) is 1. The number of carbonyl (C=O) groups is 2. The maximum Gasteiger partial charge on any atom is 0.340 e. The van der Waals surface area contributed by atoms with Crippen LogP contribution in [0.4, 0.5) is 5.69 Å². The molecule has 0 saturated carbocycles. The molecule has 2 aromatic rings. The third-order valence-electron chi connectivity index (χ3n) is 3.17. The first-order chi connectivity index (χ1) is 11.4. The van der Waals surface area contributed by atoms with Crippen molar-refractivity contribution in [2.75, 3.05) is 12.4 Å². The molecule has 126 valence electrons. The molecule has 1 atom stereocenters. The van der Waals surface area contributed by atoms with Gasteiger partial charge in [-0.05, 0) is 53.2 Å². The molecule has 0 bridgehead atoms. The van der Waals surface area contributed by atoms with E-state index in [1.165, 1.54) is 14.0 Å². The number of esters is 1. The normalized spacial score (nSPS) is 11.5. The van der Waals surface area contributed by atoms with Gasteiger partial charge in [0.05, 0.1) is 17.7 Å². The van der Waals surface area contributed by atoms with E-state index < -0.39 is 18.0 Å². The molecule has 0 fully saturated rings. The molecular formula is C17H15BrClNO4. The zero-order valence-corrected chi connectivity index (χ0v) is 15.3. The van der Waals surface area contributed by atoms with Crippen molar-refractivity contribution >= 4 is 45.1 Å². The maximum atomic E-state index is 12.2. The SMILES string of the molecule is COc1ccc(NC(=O)C(C)OC(=O)c2ccccc2Br)cc1Cl. The molecule has 0 aliphatic rings. The molecule has 0 heterocycles. The second-order valence-corrected chi connectivity index (χ2v) is 6.13. The van der Waals surface area contributed by atoms with Gasteiger partial charge in [0.15, 0.2) is 6.10 Å². The van der Waals surface area contributed by atoms with E-state index >= 15 is 0 Å². The summed E-state index contributed by atoms with van der Waals surface area (Å²) in [6, 6.07) is 11.7. The summed E-state index contributed by atoms with van der Waals surface area (Å²) in [5, 5.41) is 3.01. The minimum absolute atomic E-state index is 0.352. The average molecular weight is 413 g/mol. The first-order valence-electron chi connectivity index (χ1n) is 7.02. The van der Waals surface area contributed by atoms with Crippen molar-refractivity contribution in [1.29, 1.82) is 0 Å². The molecule has 0 aliphatic heterocycles. The average Bonchev–Trinajstić information content (AvgIpc) is 2.55. The molecule has 0 aliphatic carbocycles. The molecule has 1 unspecified atom stereocenters. The summed E-state index contributed by atoms with van der Waals surface area (Å²) in [4.78, 5) is 24.3. The van der Waals surface area contributed by atoms with Crippen molar-refractivity contribution in [2.45, 2.75) is 13.0 Å². The number of halogens is 2. The Bertz CT molecular complexity index is 766. The Morgan fingerprint density at radius 1 is 1.21 bits per heavy atom. The van der Waals surface area contributed by atoms with Crippen LogP contribution < -0.4 is 10.1 Å². The lowest BCUT2D eigenvalue weighted by Crippen LogP contribution is -2.30. The fourth-order valence-corrected chi connectivity index (χ4v) is 2.60. The third kappa shape index (κ3) is 4.49. The predicted molar refractivity (Wildman–Crippen MR) is 95.7 cm³/mol. The van der Waals surface area contributed by atoms with Crippen LogP contribution in [0.1, 0.15) is 17.3 Å². The first-order valence-corrected chi connectivity index (χ1v) is 8.19. The lowest BCUT2D eigenvalue weighted by atomic mass is 10.2. The second kappa shape index (κ2) is 8.17. The standard InChI is InChI=1S/C17H15BrClNO4/c1-10(24-17(22)12-5-3-4-6-13(12)18)16(21)20-11-7-8-15(23-2)14(19)9-11/h3-10H,1-2H3,(H,20,21). The maximum absolute atomic E-state index is 12.2. The van der Waals surface area contributed by atoms with Gasteiger partial charge in [-0.15, -0.1) is 0 Å². The Hall–Kier alpha value is -2.05. The number of methoxy groups -OCH3 is 1. The van der Waals surface area contributed by atoms with Crippen LogP contribution in [0.5, 0.6) is 5.75 Å². The van der Waals surface area contributed by atoms with E-state index in [-0.39, 0.29) is 0 Å². The van der Waals surface area contributed by atoms with E-state index in [0.717, 1.165) is 0 Å². The van der Waals surface area contributed by atoms with Crippen molar-refractivity contribution in [3.8, 4) is 5.75 Å². The fourth-order valence-electron chi connectivity index (χ4n) is 1.89. The summed E-state index contributed by atoms with van der Waals surface area (Å²) in [7, 11) is 1.50. The van der Waals surface area contributed by atoms with Crippen LogP contribution in [0.25, 0.3) is 0 Å². The molecule has 0 radical (unpaired) electrons.